The maximum absolute atomic E-state index is 6.50. The summed E-state index contributed by atoms with van der Waals surface area (Å²) < 4.78 is 4.22. The highest BCUT2D eigenvalue weighted by Gasteiger charge is 2.59. The van der Waals surface area contributed by atoms with Gasteiger partial charge < -0.3 is 9.72 Å². The molecule has 2 fully saturated rings. The first-order chi connectivity index (χ1) is 16.0. The molecule has 4 aromatic heterocycles. The van der Waals surface area contributed by atoms with Crippen molar-refractivity contribution in [3.63, 3.8) is 0 Å². The van der Waals surface area contributed by atoms with Crippen LogP contribution in [0.3, 0.4) is 0 Å². The molecular formula is C25H20Cl2N6. The van der Waals surface area contributed by atoms with E-state index < -0.39 is 0 Å². The number of aromatic nitrogens is 5. The largest absolute Gasteiger partial charge is 0.314 e. The Bertz CT molecular complexity index is 1560. The van der Waals surface area contributed by atoms with Crippen LogP contribution in [0.1, 0.15) is 12.1 Å². The molecule has 1 N–H and O–H groups in total. The molecule has 2 aliphatic rings. The average molecular weight is 475 g/mol. The topological polar surface area (TPSA) is 60.0 Å². The quantitative estimate of drug-likeness (QED) is 0.383. The highest BCUT2D eigenvalue weighted by molar-refractivity contribution is 6.39. The van der Waals surface area contributed by atoms with E-state index in [0.29, 0.717) is 16.0 Å². The van der Waals surface area contributed by atoms with E-state index in [9.17, 15) is 0 Å². The molecule has 33 heavy (non-hydrogen) atoms. The molecule has 1 aliphatic heterocycles. The molecule has 1 aromatic carbocycles. The van der Waals surface area contributed by atoms with E-state index in [2.05, 4.69) is 26.7 Å². The maximum atomic E-state index is 6.50. The number of benzene rings is 1. The third kappa shape index (κ3) is 2.75. The molecule has 2 unspecified atom stereocenters. The molecule has 164 valence electrons. The van der Waals surface area contributed by atoms with E-state index in [4.69, 9.17) is 38.3 Å². The van der Waals surface area contributed by atoms with Crippen molar-refractivity contribution in [1.29, 1.82) is 0 Å². The van der Waals surface area contributed by atoms with Gasteiger partial charge in [-0.15, -0.1) is 0 Å². The van der Waals surface area contributed by atoms with E-state index in [1.54, 1.807) is 0 Å². The van der Waals surface area contributed by atoms with Gasteiger partial charge in [-0.05, 0) is 37.6 Å². The van der Waals surface area contributed by atoms with E-state index >= 15 is 0 Å². The van der Waals surface area contributed by atoms with Gasteiger partial charge in [-0.2, -0.15) is 5.10 Å². The zero-order valence-corrected chi connectivity index (χ0v) is 19.4. The van der Waals surface area contributed by atoms with E-state index in [0.717, 1.165) is 57.7 Å². The molecule has 6 nitrogen and oxygen atoms in total. The van der Waals surface area contributed by atoms with Crippen molar-refractivity contribution in [2.45, 2.75) is 18.9 Å². The Labute approximate surface area is 200 Å². The zero-order chi connectivity index (χ0) is 22.3. The highest BCUT2D eigenvalue weighted by atomic mass is 35.5. The molecule has 1 aliphatic carbocycles. The summed E-state index contributed by atoms with van der Waals surface area (Å²) in [7, 11) is 0. The summed E-state index contributed by atoms with van der Waals surface area (Å²) >= 11 is 13.0. The first-order valence-corrected chi connectivity index (χ1v) is 11.8. The Morgan fingerprint density at radius 2 is 1.97 bits per heavy atom. The van der Waals surface area contributed by atoms with Crippen LogP contribution in [-0.4, -0.2) is 37.2 Å². The van der Waals surface area contributed by atoms with Gasteiger partial charge in [0.05, 0.1) is 33.0 Å². The van der Waals surface area contributed by atoms with Crippen molar-refractivity contribution in [2.24, 2.45) is 5.92 Å². The van der Waals surface area contributed by atoms with Crippen LogP contribution >= 0.6 is 23.2 Å². The highest BCUT2D eigenvalue weighted by Crippen LogP contribution is 2.52. The number of rotatable bonds is 3. The average Bonchev–Trinajstić information content (AvgIpc) is 3.19. The summed E-state index contributed by atoms with van der Waals surface area (Å²) in [6.07, 6.45) is 9.21. The predicted octanol–water partition coefficient (Wildman–Crippen LogP) is 5.35. The van der Waals surface area contributed by atoms with Crippen molar-refractivity contribution in [2.75, 3.05) is 13.1 Å². The van der Waals surface area contributed by atoms with Gasteiger partial charge in [0.25, 0.3) is 0 Å². The van der Waals surface area contributed by atoms with Gasteiger partial charge in [-0.25, -0.2) is 4.98 Å². The second-order valence-electron chi connectivity index (χ2n) is 9.12. The third-order valence-corrected chi connectivity index (χ3v) is 7.91. The molecule has 0 amide bonds. The van der Waals surface area contributed by atoms with Gasteiger partial charge in [0, 0.05) is 65.4 Å². The SMILES string of the molecule is Cc1c(-c2c(Cl)cccc2Cl)nc2c3cc(-c4cnn(C56CNCC5C6)c4)cnc3ccn12. The van der Waals surface area contributed by atoms with E-state index in [-0.39, 0.29) is 5.54 Å². The van der Waals surface area contributed by atoms with E-state index in [1.807, 2.05) is 49.8 Å². The number of fused-ring (bicyclic) bond motifs is 4. The summed E-state index contributed by atoms with van der Waals surface area (Å²) in [6.45, 7) is 4.11. The minimum absolute atomic E-state index is 0.166. The second kappa shape index (κ2) is 6.79. The summed E-state index contributed by atoms with van der Waals surface area (Å²) in [4.78, 5) is 9.71. The fourth-order valence-corrected chi connectivity index (χ4v) is 5.90. The van der Waals surface area contributed by atoms with Crippen LogP contribution in [0, 0.1) is 12.8 Å². The Morgan fingerprint density at radius 3 is 2.73 bits per heavy atom. The lowest BCUT2D eigenvalue weighted by Crippen LogP contribution is -2.25. The molecule has 1 saturated carbocycles. The number of aryl methyl sites for hydroxylation is 1. The Hall–Kier alpha value is -2.93. The minimum atomic E-state index is 0.166. The molecule has 7 rings (SSSR count). The molecule has 0 spiro atoms. The first-order valence-electron chi connectivity index (χ1n) is 11.0. The van der Waals surface area contributed by atoms with E-state index in [1.165, 1.54) is 6.42 Å². The van der Waals surface area contributed by atoms with Crippen LogP contribution in [-0.2, 0) is 5.54 Å². The molecule has 1 saturated heterocycles. The van der Waals surface area contributed by atoms with Crippen LogP contribution in [0.4, 0.5) is 0 Å². The summed E-state index contributed by atoms with van der Waals surface area (Å²) in [5.74, 6) is 0.697. The van der Waals surface area contributed by atoms with Crippen LogP contribution in [0.2, 0.25) is 10.0 Å². The Balaban J connectivity index is 1.38. The summed E-state index contributed by atoms with van der Waals surface area (Å²) in [5, 5.41) is 10.3. The van der Waals surface area contributed by atoms with Crippen LogP contribution < -0.4 is 5.32 Å². The lowest BCUT2D eigenvalue weighted by Gasteiger charge is -2.11. The fraction of sp³-hybridized carbons (Fsp3) is 0.240. The van der Waals surface area contributed by atoms with Gasteiger partial charge in [0.15, 0.2) is 0 Å². The normalized spacial score (nSPS) is 21.7. The number of hydrogen-bond acceptors (Lipinski definition) is 4. The molecule has 5 aromatic rings. The van der Waals surface area contributed by atoms with Gasteiger partial charge in [-0.3, -0.25) is 9.67 Å². The molecule has 2 atom stereocenters. The van der Waals surface area contributed by atoms with Crippen LogP contribution in [0.25, 0.3) is 38.9 Å². The number of nitrogens with zero attached hydrogens (tertiary/aromatic N) is 5. The smallest absolute Gasteiger partial charge is 0.147 e. The van der Waals surface area contributed by atoms with Crippen LogP contribution in [0.5, 0.6) is 0 Å². The van der Waals surface area contributed by atoms with Gasteiger partial charge in [-0.1, -0.05) is 29.3 Å². The van der Waals surface area contributed by atoms with Crippen molar-refractivity contribution >= 4 is 39.8 Å². The number of halogens is 2. The van der Waals surface area contributed by atoms with Crippen LogP contribution in [0.15, 0.2) is 55.1 Å². The third-order valence-electron chi connectivity index (χ3n) is 7.28. The molecule has 0 bridgehead atoms. The monoisotopic (exact) mass is 474 g/mol. The predicted molar refractivity (Wildman–Crippen MR) is 131 cm³/mol. The Kier molecular flexibility index (Phi) is 4.02. The maximum Gasteiger partial charge on any atom is 0.147 e. The lowest BCUT2D eigenvalue weighted by molar-refractivity contribution is 0.436. The van der Waals surface area contributed by atoms with Crippen molar-refractivity contribution in [3.05, 3.63) is 70.9 Å². The molecule has 5 heterocycles. The zero-order valence-electron chi connectivity index (χ0n) is 17.9. The number of pyridine rings is 2. The fourth-order valence-electron chi connectivity index (χ4n) is 5.32. The lowest BCUT2D eigenvalue weighted by atomic mass is 10.1. The van der Waals surface area contributed by atoms with Gasteiger partial charge in [0.1, 0.15) is 5.65 Å². The Morgan fingerprint density at radius 1 is 1.12 bits per heavy atom. The standard InChI is InChI=1S/C25H20Cl2N6/c1-14-23(22-19(26)3-2-4-20(22)27)31-24-18-7-15(9-29-21(18)5-6-32(14)24)16-10-30-33(12-16)25-8-17(25)11-28-13-25/h2-7,9-10,12,17,28H,8,11,13H2,1H3. The van der Waals surface area contributed by atoms with Gasteiger partial charge in [0.2, 0.25) is 0 Å². The number of imidazole rings is 1. The van der Waals surface area contributed by atoms with Crippen molar-refractivity contribution in [1.82, 2.24) is 29.5 Å². The minimum Gasteiger partial charge on any atom is -0.314 e. The number of piperidine rings is 1. The van der Waals surface area contributed by atoms with Crippen molar-refractivity contribution in [3.8, 4) is 22.4 Å². The first kappa shape index (κ1) is 19.5. The van der Waals surface area contributed by atoms with Gasteiger partial charge >= 0.3 is 0 Å². The molecular weight excluding hydrogens is 455 g/mol. The second-order valence-corrected chi connectivity index (χ2v) is 9.93. The summed E-state index contributed by atoms with van der Waals surface area (Å²) in [6, 6.07) is 9.69. The van der Waals surface area contributed by atoms with Crippen molar-refractivity contribution < 1.29 is 0 Å². The molecule has 0 radical (unpaired) electrons. The number of hydrogen-bond donors (Lipinski definition) is 1. The summed E-state index contributed by atoms with van der Waals surface area (Å²) in [5.41, 5.74) is 6.50. The number of nitrogens with one attached hydrogen (secondary N) is 1. The molecule has 8 heteroatoms.